The average Bonchev–Trinajstić information content (AvgIpc) is 2.29. The number of ketones is 1. The molecule has 0 bridgehead atoms. The Hall–Kier alpha value is -0.933. The summed E-state index contributed by atoms with van der Waals surface area (Å²) >= 11 is 0. The first-order valence-electron chi connectivity index (χ1n) is 6.83. The van der Waals surface area contributed by atoms with Crippen molar-refractivity contribution < 1.29 is 9.22 Å². The lowest BCUT2D eigenvalue weighted by Gasteiger charge is -2.36. The summed E-state index contributed by atoms with van der Waals surface area (Å²) in [5.74, 6) is 0.146. The fraction of sp³-hybridized carbons (Fsp3) is 0.562. The molecule has 19 heavy (non-hydrogen) atoms. The van der Waals surface area contributed by atoms with Gasteiger partial charge >= 0.3 is 0 Å². The van der Waals surface area contributed by atoms with Gasteiger partial charge in [0.15, 0.2) is 14.1 Å². The fourth-order valence-electron chi connectivity index (χ4n) is 1.18. The third-order valence-electron chi connectivity index (χ3n) is 3.48. The van der Waals surface area contributed by atoms with Crippen molar-refractivity contribution in [2.45, 2.75) is 51.7 Å². The third-order valence-corrected chi connectivity index (χ3v) is 8.02. The van der Waals surface area contributed by atoms with Gasteiger partial charge in [-0.2, -0.15) is 0 Å². The van der Waals surface area contributed by atoms with E-state index in [0.29, 0.717) is 13.0 Å². The quantitative estimate of drug-likeness (QED) is 0.280. The van der Waals surface area contributed by atoms with Crippen LogP contribution < -0.4 is 0 Å². The van der Waals surface area contributed by atoms with Crippen molar-refractivity contribution in [3.63, 3.8) is 0 Å². The van der Waals surface area contributed by atoms with Crippen LogP contribution in [0.2, 0.25) is 18.1 Å². The predicted molar refractivity (Wildman–Crippen MR) is 85.9 cm³/mol. The third kappa shape index (κ3) is 7.96. The molecule has 0 spiro atoms. The van der Waals surface area contributed by atoms with Crippen LogP contribution in [0.5, 0.6) is 0 Å². The van der Waals surface area contributed by atoms with Crippen molar-refractivity contribution in [2.75, 3.05) is 6.61 Å². The summed E-state index contributed by atoms with van der Waals surface area (Å²) in [6.07, 6.45) is 9.97. The van der Waals surface area contributed by atoms with E-state index in [1.165, 1.54) is 0 Å². The molecule has 0 rings (SSSR count). The van der Waals surface area contributed by atoms with E-state index in [1.807, 2.05) is 0 Å². The van der Waals surface area contributed by atoms with Gasteiger partial charge in [-0.25, -0.2) is 0 Å². The molecule has 0 saturated heterocycles. The van der Waals surface area contributed by atoms with Crippen LogP contribution in [-0.2, 0) is 9.22 Å². The minimum atomic E-state index is -1.66. The molecule has 0 aliphatic heterocycles. The van der Waals surface area contributed by atoms with Crippen LogP contribution >= 0.6 is 0 Å². The topological polar surface area (TPSA) is 26.3 Å². The second-order valence-electron chi connectivity index (χ2n) is 6.16. The Morgan fingerprint density at radius 1 is 1.21 bits per heavy atom. The molecule has 0 aliphatic carbocycles. The summed E-state index contributed by atoms with van der Waals surface area (Å²) in [6.45, 7) is 15.4. The normalized spacial score (nSPS) is 13.3. The van der Waals surface area contributed by atoms with Crippen LogP contribution in [0.15, 0.2) is 37.0 Å². The highest BCUT2D eigenvalue weighted by molar-refractivity contribution is 6.74. The van der Waals surface area contributed by atoms with Gasteiger partial charge in [-0.15, -0.1) is 0 Å². The molecule has 0 saturated carbocycles. The van der Waals surface area contributed by atoms with Crippen LogP contribution in [0.25, 0.3) is 0 Å². The molecule has 0 amide bonds. The van der Waals surface area contributed by atoms with Gasteiger partial charge in [0.1, 0.15) is 0 Å². The minimum absolute atomic E-state index is 0.146. The van der Waals surface area contributed by atoms with Gasteiger partial charge in [0.2, 0.25) is 0 Å². The number of allylic oxidation sites excluding steroid dienone is 5. The molecule has 108 valence electrons. The highest BCUT2D eigenvalue weighted by Crippen LogP contribution is 2.36. The molecule has 0 unspecified atom stereocenters. The van der Waals surface area contributed by atoms with E-state index in [-0.39, 0.29) is 10.8 Å². The number of carbonyl (C=O) groups excluding carboxylic acids is 1. The molecule has 3 heteroatoms. The van der Waals surface area contributed by atoms with Gasteiger partial charge in [-0.05, 0) is 30.6 Å². The molecule has 0 radical (unpaired) electrons. The monoisotopic (exact) mass is 280 g/mol. The van der Waals surface area contributed by atoms with E-state index < -0.39 is 8.32 Å². The fourth-order valence-corrected chi connectivity index (χ4v) is 2.27. The lowest BCUT2D eigenvalue weighted by Crippen LogP contribution is -2.41. The highest BCUT2D eigenvalue weighted by atomic mass is 28.4. The zero-order valence-corrected chi connectivity index (χ0v) is 14.0. The first-order chi connectivity index (χ1) is 8.70. The van der Waals surface area contributed by atoms with Gasteiger partial charge in [0.25, 0.3) is 0 Å². The van der Waals surface area contributed by atoms with Crippen molar-refractivity contribution in [1.82, 2.24) is 0 Å². The second kappa shape index (κ2) is 8.28. The summed E-state index contributed by atoms with van der Waals surface area (Å²) in [5.41, 5.74) is 0. The number of carbonyl (C=O) groups is 1. The summed E-state index contributed by atoms with van der Waals surface area (Å²) in [7, 11) is -1.66. The summed E-state index contributed by atoms with van der Waals surface area (Å²) in [4.78, 5) is 11.5. The van der Waals surface area contributed by atoms with Crippen LogP contribution in [0.1, 0.15) is 33.6 Å². The first kappa shape index (κ1) is 18.1. The smallest absolute Gasteiger partial charge is 0.191 e. The van der Waals surface area contributed by atoms with Crippen molar-refractivity contribution in [2.24, 2.45) is 0 Å². The summed E-state index contributed by atoms with van der Waals surface area (Å²) < 4.78 is 6.02. The van der Waals surface area contributed by atoms with Gasteiger partial charge in [-0.3, -0.25) is 4.79 Å². The van der Waals surface area contributed by atoms with Crippen molar-refractivity contribution in [3.05, 3.63) is 37.0 Å². The maximum atomic E-state index is 11.5. The van der Waals surface area contributed by atoms with E-state index >= 15 is 0 Å². The molecule has 0 fully saturated rings. The lowest BCUT2D eigenvalue weighted by molar-refractivity contribution is -0.114. The Kier molecular flexibility index (Phi) is 7.87. The second-order valence-corrected chi connectivity index (χ2v) is 11.0. The van der Waals surface area contributed by atoms with Crippen molar-refractivity contribution >= 4 is 14.1 Å². The van der Waals surface area contributed by atoms with Gasteiger partial charge in [0, 0.05) is 13.0 Å². The molecule has 0 aliphatic rings. The largest absolute Gasteiger partial charge is 0.417 e. The molecule has 2 nitrogen and oxygen atoms in total. The van der Waals surface area contributed by atoms with Crippen LogP contribution in [0.4, 0.5) is 0 Å². The summed E-state index contributed by atoms with van der Waals surface area (Å²) in [5, 5.41) is 0.229. The van der Waals surface area contributed by atoms with E-state index in [1.54, 1.807) is 30.4 Å². The van der Waals surface area contributed by atoms with E-state index in [4.69, 9.17) is 4.43 Å². The van der Waals surface area contributed by atoms with Crippen molar-refractivity contribution in [1.29, 1.82) is 0 Å². The molecular weight excluding hydrogens is 252 g/mol. The minimum Gasteiger partial charge on any atom is -0.417 e. The molecule has 0 aromatic rings. The Morgan fingerprint density at radius 3 is 2.37 bits per heavy atom. The zero-order chi connectivity index (χ0) is 14.9. The molecule has 0 atom stereocenters. The number of hydrogen-bond acceptors (Lipinski definition) is 2. The Morgan fingerprint density at radius 2 is 1.84 bits per heavy atom. The van der Waals surface area contributed by atoms with Crippen molar-refractivity contribution in [3.8, 4) is 0 Å². The number of rotatable bonds is 8. The Bertz CT molecular complexity index is 346. The standard InChI is InChI=1S/C16H28O2Si/c1-7-8-9-10-12-15(17)13-11-14-18-19(5,6)16(2,3)4/h7-10,12H,1,11,13-14H2,2-6H3. The lowest BCUT2D eigenvalue weighted by atomic mass is 10.2. The summed E-state index contributed by atoms with van der Waals surface area (Å²) in [6, 6.07) is 0. The molecule has 0 heterocycles. The SMILES string of the molecule is C=CC=CC=CC(=O)CCCO[Si](C)(C)C(C)(C)C. The predicted octanol–water partition coefficient (Wildman–Crippen LogP) is 4.66. The number of hydrogen-bond donors (Lipinski definition) is 0. The van der Waals surface area contributed by atoms with E-state index in [0.717, 1.165) is 6.42 Å². The van der Waals surface area contributed by atoms with Crippen LogP contribution in [0.3, 0.4) is 0 Å². The molecule has 0 aromatic carbocycles. The Balaban J connectivity index is 3.93. The maximum Gasteiger partial charge on any atom is 0.191 e. The van der Waals surface area contributed by atoms with Gasteiger partial charge < -0.3 is 4.43 Å². The van der Waals surface area contributed by atoms with E-state index in [2.05, 4.69) is 40.4 Å². The Labute approximate surface area is 119 Å². The van der Waals surface area contributed by atoms with Gasteiger partial charge in [0.05, 0.1) is 0 Å². The zero-order valence-electron chi connectivity index (χ0n) is 13.0. The molecular formula is C16H28O2Si. The molecule has 0 N–H and O–H groups in total. The van der Waals surface area contributed by atoms with Crippen LogP contribution in [-0.4, -0.2) is 20.7 Å². The maximum absolute atomic E-state index is 11.5. The van der Waals surface area contributed by atoms with E-state index in [9.17, 15) is 4.79 Å². The first-order valence-corrected chi connectivity index (χ1v) is 9.74. The molecule has 0 aromatic heterocycles. The van der Waals surface area contributed by atoms with Crippen LogP contribution in [0, 0.1) is 0 Å². The average molecular weight is 280 g/mol. The highest BCUT2D eigenvalue weighted by Gasteiger charge is 2.36. The van der Waals surface area contributed by atoms with Gasteiger partial charge in [-0.1, -0.05) is 51.7 Å².